The molecule has 0 bridgehead atoms. The molecule has 0 atom stereocenters. The highest BCUT2D eigenvalue weighted by molar-refractivity contribution is 6.76. The van der Waals surface area contributed by atoms with Crippen LogP contribution in [0.1, 0.15) is 5.56 Å². The molecule has 0 aliphatic rings. The predicted molar refractivity (Wildman–Crippen MR) is 105 cm³/mol. The second-order valence-corrected chi connectivity index (χ2v) is 13.0. The number of ether oxygens (including phenoxy) is 1. The second kappa shape index (κ2) is 8.67. The van der Waals surface area contributed by atoms with Crippen LogP contribution in [0, 0.1) is 0 Å². The molecule has 2 aromatic rings. The number of allylic oxidation sites excluding steroid dienone is 1. The van der Waals surface area contributed by atoms with Crippen molar-refractivity contribution in [1.82, 2.24) is 0 Å². The van der Waals surface area contributed by atoms with Crippen LogP contribution in [0.3, 0.4) is 0 Å². The van der Waals surface area contributed by atoms with Gasteiger partial charge in [0, 0.05) is 14.5 Å². The van der Waals surface area contributed by atoms with Crippen molar-refractivity contribution < 1.29 is 14.6 Å². The van der Waals surface area contributed by atoms with Crippen LogP contribution < -0.4 is 0 Å². The van der Waals surface area contributed by atoms with E-state index in [0.717, 1.165) is 22.7 Å². The van der Waals surface area contributed by atoms with Gasteiger partial charge in [0.15, 0.2) is 0 Å². The summed E-state index contributed by atoms with van der Waals surface area (Å²) in [6.07, 6.45) is 1.49. The average Bonchev–Trinajstić information content (AvgIpc) is 2.55. The Morgan fingerprint density at radius 3 is 2.20 bits per heavy atom. The van der Waals surface area contributed by atoms with E-state index in [-0.39, 0.29) is 5.76 Å². The molecule has 2 aromatic carbocycles. The van der Waals surface area contributed by atoms with Crippen molar-refractivity contribution in [3.63, 3.8) is 0 Å². The van der Waals surface area contributed by atoms with Gasteiger partial charge < -0.3 is 9.84 Å². The maximum absolute atomic E-state index is 11.7. The van der Waals surface area contributed by atoms with Crippen molar-refractivity contribution in [2.24, 2.45) is 0 Å². The number of rotatable bonds is 7. The number of hydrogen-bond donors (Lipinski definition) is 1. The number of aliphatic hydroxyl groups is 1. The Kier molecular flexibility index (Phi) is 6.59. The summed E-state index contributed by atoms with van der Waals surface area (Å²) >= 11 is 0. The highest BCUT2D eigenvalue weighted by Crippen LogP contribution is 2.20. The molecule has 0 saturated carbocycles. The quantitative estimate of drug-likeness (QED) is 0.321. The van der Waals surface area contributed by atoms with Crippen LogP contribution in [0.25, 0.3) is 11.1 Å². The van der Waals surface area contributed by atoms with Crippen LogP contribution in [0.5, 0.6) is 0 Å². The van der Waals surface area contributed by atoms with Gasteiger partial charge in [0.25, 0.3) is 0 Å². The maximum Gasteiger partial charge on any atom is 0.334 e. The van der Waals surface area contributed by atoms with Gasteiger partial charge in [-0.3, -0.25) is 0 Å². The van der Waals surface area contributed by atoms with Crippen molar-refractivity contribution in [2.45, 2.75) is 32.1 Å². The first-order valence-electron chi connectivity index (χ1n) is 8.54. The number of esters is 1. The first-order chi connectivity index (χ1) is 11.8. The van der Waals surface area contributed by atoms with Gasteiger partial charge >= 0.3 is 5.97 Å². The third-order valence-electron chi connectivity index (χ3n) is 3.83. The van der Waals surface area contributed by atoms with E-state index in [1.54, 1.807) is 0 Å². The first kappa shape index (κ1) is 19.0. The van der Waals surface area contributed by atoms with Crippen molar-refractivity contribution >= 4 is 14.0 Å². The molecule has 0 unspecified atom stereocenters. The van der Waals surface area contributed by atoms with Gasteiger partial charge in [-0.25, -0.2) is 4.79 Å². The minimum atomic E-state index is -1.22. The average molecular weight is 355 g/mol. The van der Waals surface area contributed by atoms with Crippen LogP contribution in [-0.4, -0.2) is 25.8 Å². The van der Waals surface area contributed by atoms with Gasteiger partial charge in [-0.2, -0.15) is 0 Å². The Hall–Kier alpha value is -2.33. The summed E-state index contributed by atoms with van der Waals surface area (Å²) in [4.78, 5) is 11.7. The Bertz CT molecular complexity index is 713. The molecule has 2 rings (SSSR count). The standard InChI is InChI=1S/C21H26O3Si/c1-25(2,3)14-13-24-21(23)16-20(22)15-17-9-11-19(12-10-17)18-7-5-4-6-8-18/h4-12,16,22H,13-15H2,1-3H3/b20-16-. The lowest BCUT2D eigenvalue weighted by atomic mass is 10.0. The van der Waals surface area contributed by atoms with Gasteiger partial charge in [0.1, 0.15) is 5.76 Å². The summed E-state index contributed by atoms with van der Waals surface area (Å²) in [6, 6.07) is 19.0. The highest BCUT2D eigenvalue weighted by Gasteiger charge is 2.13. The lowest BCUT2D eigenvalue weighted by molar-refractivity contribution is -0.137. The number of hydrogen-bond acceptors (Lipinski definition) is 3. The molecule has 25 heavy (non-hydrogen) atoms. The Balaban J connectivity index is 1.89. The molecule has 4 heteroatoms. The highest BCUT2D eigenvalue weighted by atomic mass is 28.3. The minimum absolute atomic E-state index is 0.0189. The van der Waals surface area contributed by atoms with Crippen molar-refractivity contribution in [3.05, 3.63) is 72.0 Å². The molecule has 1 N–H and O–H groups in total. The van der Waals surface area contributed by atoms with Crippen LogP contribution in [0.15, 0.2) is 66.4 Å². The summed E-state index contributed by atoms with van der Waals surface area (Å²) < 4.78 is 5.16. The number of benzene rings is 2. The van der Waals surface area contributed by atoms with Gasteiger partial charge in [-0.15, -0.1) is 0 Å². The zero-order chi connectivity index (χ0) is 18.3. The van der Waals surface area contributed by atoms with Gasteiger partial charge in [0.2, 0.25) is 0 Å². The molecule has 0 spiro atoms. The Morgan fingerprint density at radius 2 is 1.60 bits per heavy atom. The summed E-state index contributed by atoms with van der Waals surface area (Å²) in [6.45, 7) is 7.11. The number of carbonyl (C=O) groups is 1. The van der Waals surface area contributed by atoms with E-state index in [4.69, 9.17) is 4.74 Å². The maximum atomic E-state index is 11.7. The lowest BCUT2D eigenvalue weighted by Gasteiger charge is -2.14. The fourth-order valence-corrected chi connectivity index (χ4v) is 3.06. The molecule has 0 saturated heterocycles. The first-order valence-corrected chi connectivity index (χ1v) is 12.2. The van der Waals surface area contributed by atoms with Crippen LogP contribution >= 0.6 is 0 Å². The monoisotopic (exact) mass is 354 g/mol. The molecular formula is C21H26O3Si. The summed E-state index contributed by atoms with van der Waals surface area (Å²) in [7, 11) is -1.22. The molecular weight excluding hydrogens is 328 g/mol. The van der Waals surface area contributed by atoms with Gasteiger partial charge in [0.05, 0.1) is 12.7 Å². The molecule has 3 nitrogen and oxygen atoms in total. The van der Waals surface area contributed by atoms with E-state index in [9.17, 15) is 9.90 Å². The topological polar surface area (TPSA) is 46.5 Å². The SMILES string of the molecule is C[Si](C)(C)CCOC(=O)/C=C(\O)Cc1ccc(-c2ccccc2)cc1. The smallest absolute Gasteiger partial charge is 0.334 e. The van der Waals surface area contributed by atoms with Crippen molar-refractivity contribution in [2.75, 3.05) is 6.61 Å². The van der Waals surface area contributed by atoms with Crippen LogP contribution in [-0.2, 0) is 16.0 Å². The molecule has 0 radical (unpaired) electrons. The van der Waals surface area contributed by atoms with E-state index in [2.05, 4.69) is 31.8 Å². The summed E-state index contributed by atoms with van der Waals surface area (Å²) in [5, 5.41) is 9.99. The molecule has 0 heterocycles. The van der Waals surface area contributed by atoms with Crippen LogP contribution in [0.4, 0.5) is 0 Å². The molecule has 0 aromatic heterocycles. The normalized spacial score (nSPS) is 12.0. The zero-order valence-corrected chi connectivity index (χ0v) is 16.2. The fraction of sp³-hybridized carbons (Fsp3) is 0.286. The van der Waals surface area contributed by atoms with E-state index < -0.39 is 14.0 Å². The van der Waals surface area contributed by atoms with Gasteiger partial charge in [-0.05, 0) is 22.7 Å². The van der Waals surface area contributed by atoms with E-state index in [0.29, 0.717) is 13.0 Å². The number of carbonyl (C=O) groups excluding carboxylic acids is 1. The third-order valence-corrected chi connectivity index (χ3v) is 5.53. The van der Waals surface area contributed by atoms with Crippen molar-refractivity contribution in [3.8, 4) is 11.1 Å². The van der Waals surface area contributed by atoms with Crippen LogP contribution in [0.2, 0.25) is 25.7 Å². The Morgan fingerprint density at radius 1 is 1.00 bits per heavy atom. The summed E-state index contributed by atoms with van der Waals surface area (Å²) in [5.41, 5.74) is 3.22. The fourth-order valence-electron chi connectivity index (χ4n) is 2.34. The van der Waals surface area contributed by atoms with Gasteiger partial charge in [-0.1, -0.05) is 74.2 Å². The van der Waals surface area contributed by atoms with E-state index in [1.807, 2.05) is 42.5 Å². The Labute approximate surface area is 151 Å². The molecule has 0 aliphatic heterocycles. The summed E-state index contributed by atoms with van der Waals surface area (Å²) in [5.74, 6) is -0.456. The lowest BCUT2D eigenvalue weighted by Crippen LogP contribution is -2.22. The molecule has 132 valence electrons. The molecule has 0 amide bonds. The largest absolute Gasteiger partial charge is 0.512 e. The predicted octanol–water partition coefficient (Wildman–Crippen LogP) is 5.22. The zero-order valence-electron chi connectivity index (χ0n) is 15.2. The minimum Gasteiger partial charge on any atom is -0.512 e. The van der Waals surface area contributed by atoms with E-state index in [1.165, 1.54) is 6.08 Å². The van der Waals surface area contributed by atoms with Crippen molar-refractivity contribution in [1.29, 1.82) is 0 Å². The van der Waals surface area contributed by atoms with E-state index >= 15 is 0 Å². The molecule has 0 aliphatic carbocycles. The third kappa shape index (κ3) is 6.97. The second-order valence-electron chi connectivity index (χ2n) is 7.35. The number of aliphatic hydroxyl groups excluding tert-OH is 1. The molecule has 0 fully saturated rings.